The van der Waals surface area contributed by atoms with Crippen LogP contribution in [0.2, 0.25) is 0 Å². The minimum absolute atomic E-state index is 0.00214. The minimum Gasteiger partial charge on any atom is -0.478 e. The van der Waals surface area contributed by atoms with Crippen molar-refractivity contribution in [2.45, 2.75) is 25.0 Å². The highest BCUT2D eigenvalue weighted by Crippen LogP contribution is 2.22. The van der Waals surface area contributed by atoms with Gasteiger partial charge in [-0.25, -0.2) is 8.98 Å². The van der Waals surface area contributed by atoms with Crippen LogP contribution in [0.4, 0.5) is 0 Å². The summed E-state index contributed by atoms with van der Waals surface area (Å²) in [7, 11) is -4.63. The number of rotatable bonds is 3. The molecule has 15 heavy (non-hydrogen) atoms. The van der Waals surface area contributed by atoms with Gasteiger partial charge in [-0.2, -0.15) is 8.42 Å². The van der Waals surface area contributed by atoms with Gasteiger partial charge in [0.1, 0.15) is 12.2 Å². The first-order chi connectivity index (χ1) is 6.79. The van der Waals surface area contributed by atoms with Crippen LogP contribution in [0.3, 0.4) is 0 Å². The zero-order chi connectivity index (χ0) is 11.6. The van der Waals surface area contributed by atoms with Crippen molar-refractivity contribution in [3.8, 4) is 0 Å². The van der Waals surface area contributed by atoms with E-state index in [-0.39, 0.29) is 18.4 Å². The molecule has 8 heteroatoms. The molecule has 0 radical (unpaired) electrons. The maximum Gasteiger partial charge on any atom is 0.397 e. The zero-order valence-corrected chi connectivity index (χ0v) is 8.35. The van der Waals surface area contributed by atoms with Crippen LogP contribution in [0.15, 0.2) is 11.6 Å². The van der Waals surface area contributed by atoms with Crippen LogP contribution in [-0.2, 0) is 19.4 Å². The van der Waals surface area contributed by atoms with Gasteiger partial charge in [0.2, 0.25) is 0 Å². The van der Waals surface area contributed by atoms with Crippen LogP contribution in [0.1, 0.15) is 12.8 Å². The molecule has 0 saturated heterocycles. The van der Waals surface area contributed by atoms with E-state index in [4.69, 9.17) is 9.66 Å². The van der Waals surface area contributed by atoms with Crippen molar-refractivity contribution in [1.29, 1.82) is 0 Å². The lowest BCUT2D eigenvalue weighted by molar-refractivity contribution is -0.133. The summed E-state index contributed by atoms with van der Waals surface area (Å²) in [6.07, 6.45) is -1.40. The third-order valence-electron chi connectivity index (χ3n) is 1.97. The molecule has 0 bridgehead atoms. The lowest BCUT2D eigenvalue weighted by Gasteiger charge is -2.23. The molecule has 0 saturated carbocycles. The molecule has 3 N–H and O–H groups in total. The summed E-state index contributed by atoms with van der Waals surface area (Å²) >= 11 is 0. The van der Waals surface area contributed by atoms with Crippen molar-refractivity contribution in [3.63, 3.8) is 0 Å². The molecule has 0 fully saturated rings. The van der Waals surface area contributed by atoms with E-state index in [1.54, 1.807) is 0 Å². The molecule has 0 aromatic heterocycles. The van der Waals surface area contributed by atoms with Crippen molar-refractivity contribution in [1.82, 2.24) is 0 Å². The predicted molar refractivity (Wildman–Crippen MR) is 47.4 cm³/mol. The number of carbonyl (C=O) groups is 1. The summed E-state index contributed by atoms with van der Waals surface area (Å²) in [5.74, 6) is -1.17. The first kappa shape index (κ1) is 12.1. The second-order valence-corrected chi connectivity index (χ2v) is 4.14. The van der Waals surface area contributed by atoms with Crippen LogP contribution >= 0.6 is 0 Å². The number of carboxylic acids is 1. The summed E-state index contributed by atoms with van der Waals surface area (Å²) in [6, 6.07) is 0. The third kappa shape index (κ3) is 3.59. The van der Waals surface area contributed by atoms with E-state index in [2.05, 4.69) is 4.18 Å². The Balaban J connectivity index is 2.73. The van der Waals surface area contributed by atoms with E-state index in [0.29, 0.717) is 0 Å². The molecule has 86 valence electrons. The van der Waals surface area contributed by atoms with E-state index in [1.165, 1.54) is 0 Å². The topological polar surface area (TPSA) is 121 Å². The number of aliphatic hydroxyl groups excluding tert-OH is 1. The van der Waals surface area contributed by atoms with Gasteiger partial charge in [-0.15, -0.1) is 0 Å². The van der Waals surface area contributed by atoms with Gasteiger partial charge in [0.15, 0.2) is 0 Å². The van der Waals surface area contributed by atoms with Crippen LogP contribution < -0.4 is 0 Å². The molecule has 0 amide bonds. The smallest absolute Gasteiger partial charge is 0.397 e. The highest BCUT2D eigenvalue weighted by molar-refractivity contribution is 7.80. The molecule has 1 unspecified atom stereocenters. The van der Waals surface area contributed by atoms with Gasteiger partial charge in [0.05, 0.1) is 0 Å². The van der Waals surface area contributed by atoms with E-state index in [9.17, 15) is 18.3 Å². The molecule has 7 nitrogen and oxygen atoms in total. The van der Waals surface area contributed by atoms with Gasteiger partial charge in [0, 0.05) is 5.57 Å². The van der Waals surface area contributed by atoms with E-state index >= 15 is 0 Å². The Morgan fingerprint density at radius 1 is 1.53 bits per heavy atom. The van der Waals surface area contributed by atoms with Crippen LogP contribution in [0.5, 0.6) is 0 Å². The van der Waals surface area contributed by atoms with Crippen LogP contribution in [0, 0.1) is 0 Å². The number of hydrogen-bond donors (Lipinski definition) is 3. The largest absolute Gasteiger partial charge is 0.478 e. The third-order valence-corrected chi connectivity index (χ3v) is 2.46. The fraction of sp³-hybridized carbons (Fsp3) is 0.571. The lowest BCUT2D eigenvalue weighted by Crippen LogP contribution is -2.33. The molecule has 0 aliphatic heterocycles. The maximum atomic E-state index is 10.5. The Kier molecular flexibility index (Phi) is 3.45. The van der Waals surface area contributed by atoms with Crippen molar-refractivity contribution in [2.24, 2.45) is 0 Å². The van der Waals surface area contributed by atoms with Crippen molar-refractivity contribution < 1.29 is 32.2 Å². The zero-order valence-electron chi connectivity index (χ0n) is 7.53. The number of hydrogen-bond acceptors (Lipinski definition) is 5. The number of carboxylic acid groups (broad SMARTS) is 1. The van der Waals surface area contributed by atoms with E-state index < -0.39 is 28.6 Å². The highest BCUT2D eigenvalue weighted by atomic mass is 32.3. The molecule has 2 atom stereocenters. The van der Waals surface area contributed by atoms with Crippen LogP contribution in [-0.4, -0.2) is 41.4 Å². The maximum absolute atomic E-state index is 10.5. The average molecular weight is 238 g/mol. The molecule has 0 aromatic rings. The summed E-state index contributed by atoms with van der Waals surface area (Å²) < 4.78 is 33.2. The minimum atomic E-state index is -4.63. The second-order valence-electron chi connectivity index (χ2n) is 3.09. The van der Waals surface area contributed by atoms with Crippen LogP contribution in [0.25, 0.3) is 0 Å². The van der Waals surface area contributed by atoms with Gasteiger partial charge in [-0.3, -0.25) is 4.55 Å². The molecule has 0 spiro atoms. The second kappa shape index (κ2) is 4.27. The van der Waals surface area contributed by atoms with Gasteiger partial charge >= 0.3 is 16.4 Å². The Morgan fingerprint density at radius 3 is 2.53 bits per heavy atom. The van der Waals surface area contributed by atoms with Crippen molar-refractivity contribution in [3.05, 3.63) is 11.6 Å². The summed E-state index contributed by atoms with van der Waals surface area (Å²) in [5, 5.41) is 17.9. The molecule has 0 aromatic carbocycles. The summed E-state index contributed by atoms with van der Waals surface area (Å²) in [4.78, 5) is 10.5. The Bertz CT molecular complexity index is 382. The Morgan fingerprint density at radius 2 is 2.13 bits per heavy atom. The normalized spacial score (nSPS) is 27.2. The molecule has 0 heterocycles. The quantitative estimate of drug-likeness (QED) is 0.558. The van der Waals surface area contributed by atoms with Gasteiger partial charge in [-0.1, -0.05) is 0 Å². The molecular weight excluding hydrogens is 228 g/mol. The summed E-state index contributed by atoms with van der Waals surface area (Å²) in [6.45, 7) is 0. The van der Waals surface area contributed by atoms with E-state index in [1.807, 2.05) is 0 Å². The van der Waals surface area contributed by atoms with E-state index in [0.717, 1.165) is 6.08 Å². The molecule has 1 aliphatic carbocycles. The molecular formula is C7H10O7S. The number of aliphatic carboxylic acids is 1. The SMILES string of the molecule is O=C(O)C1=C[C@@H](O)C(OS(=O)(=O)O)CC1. The van der Waals surface area contributed by atoms with Crippen molar-refractivity contribution in [2.75, 3.05) is 0 Å². The lowest BCUT2D eigenvalue weighted by atomic mass is 9.95. The standard InChI is InChI=1S/C7H10O7S/c8-5-3-4(7(9)10)1-2-6(5)14-15(11,12)13/h3,5-6,8H,1-2H2,(H,9,10)(H,11,12,13)/t5-,6?/m1/s1. The first-order valence-electron chi connectivity index (χ1n) is 4.07. The first-order valence-corrected chi connectivity index (χ1v) is 5.44. The molecule has 1 rings (SSSR count). The number of aliphatic hydroxyl groups is 1. The Labute approximate surface area is 85.9 Å². The van der Waals surface area contributed by atoms with Gasteiger partial charge < -0.3 is 10.2 Å². The monoisotopic (exact) mass is 238 g/mol. The molecule has 1 aliphatic rings. The fourth-order valence-electron chi connectivity index (χ4n) is 1.30. The fourth-order valence-corrected chi connectivity index (χ4v) is 1.83. The van der Waals surface area contributed by atoms with Gasteiger partial charge in [0.25, 0.3) is 0 Å². The Hall–Kier alpha value is -0.960. The highest BCUT2D eigenvalue weighted by Gasteiger charge is 2.29. The van der Waals surface area contributed by atoms with Crippen molar-refractivity contribution >= 4 is 16.4 Å². The average Bonchev–Trinajstić information content (AvgIpc) is 2.05. The summed E-state index contributed by atoms with van der Waals surface area (Å²) in [5.41, 5.74) is -0.00214. The predicted octanol–water partition coefficient (Wildman–Crippen LogP) is -0.660. The van der Waals surface area contributed by atoms with Gasteiger partial charge in [-0.05, 0) is 18.9 Å².